The Labute approximate surface area is 100 Å². The summed E-state index contributed by atoms with van der Waals surface area (Å²) < 4.78 is 5.26. The molecule has 0 aliphatic carbocycles. The van der Waals surface area contributed by atoms with Crippen LogP contribution >= 0.6 is 0 Å². The van der Waals surface area contributed by atoms with E-state index >= 15 is 0 Å². The second-order valence-electron chi connectivity index (χ2n) is 3.83. The molecule has 3 nitrogen and oxygen atoms in total. The molecular formula is C14H15NO2. The van der Waals surface area contributed by atoms with Crippen molar-refractivity contribution >= 4 is 16.6 Å². The molecule has 0 fully saturated rings. The van der Waals surface area contributed by atoms with Gasteiger partial charge >= 0.3 is 0 Å². The van der Waals surface area contributed by atoms with E-state index in [4.69, 9.17) is 10.5 Å². The van der Waals surface area contributed by atoms with Crippen molar-refractivity contribution < 1.29 is 9.53 Å². The number of benzene rings is 2. The summed E-state index contributed by atoms with van der Waals surface area (Å²) in [4.78, 5) is 12.1. The highest BCUT2D eigenvalue weighted by atomic mass is 16.5. The van der Waals surface area contributed by atoms with Crippen LogP contribution in [0.5, 0.6) is 5.75 Å². The van der Waals surface area contributed by atoms with E-state index in [9.17, 15) is 4.79 Å². The van der Waals surface area contributed by atoms with Crippen molar-refractivity contribution in [3.8, 4) is 5.75 Å². The average molecular weight is 229 g/mol. The quantitative estimate of drug-likeness (QED) is 0.819. The third-order valence-corrected chi connectivity index (χ3v) is 2.76. The minimum atomic E-state index is 0.0288. The molecule has 17 heavy (non-hydrogen) atoms. The Morgan fingerprint density at radius 1 is 1.24 bits per heavy atom. The highest BCUT2D eigenvalue weighted by molar-refractivity contribution is 6.10. The van der Waals surface area contributed by atoms with Crippen LogP contribution in [0.3, 0.4) is 0 Å². The van der Waals surface area contributed by atoms with Gasteiger partial charge in [0, 0.05) is 6.42 Å². The largest absolute Gasteiger partial charge is 0.496 e. The number of carbonyl (C=O) groups is 1. The Balaban J connectivity index is 2.67. The van der Waals surface area contributed by atoms with Gasteiger partial charge in [-0.1, -0.05) is 30.3 Å². The third kappa shape index (κ3) is 2.15. The van der Waals surface area contributed by atoms with Crippen LogP contribution in [-0.2, 0) is 0 Å². The van der Waals surface area contributed by atoms with E-state index in [0.29, 0.717) is 24.3 Å². The molecule has 0 bridgehead atoms. The first-order valence-electron chi connectivity index (χ1n) is 5.57. The Bertz CT molecular complexity index is 549. The summed E-state index contributed by atoms with van der Waals surface area (Å²) in [5, 5.41) is 1.96. The molecule has 2 aromatic carbocycles. The van der Waals surface area contributed by atoms with Crippen LogP contribution in [0.4, 0.5) is 0 Å². The van der Waals surface area contributed by atoms with Gasteiger partial charge in [0.2, 0.25) is 0 Å². The summed E-state index contributed by atoms with van der Waals surface area (Å²) in [6, 6.07) is 11.6. The third-order valence-electron chi connectivity index (χ3n) is 2.76. The number of carbonyl (C=O) groups excluding carboxylic acids is 1. The van der Waals surface area contributed by atoms with Crippen LogP contribution in [0.25, 0.3) is 10.8 Å². The van der Waals surface area contributed by atoms with Crippen molar-refractivity contribution in [3.05, 3.63) is 42.0 Å². The Morgan fingerprint density at radius 2 is 2.00 bits per heavy atom. The fourth-order valence-electron chi connectivity index (χ4n) is 1.97. The van der Waals surface area contributed by atoms with Gasteiger partial charge in [0.15, 0.2) is 5.78 Å². The average Bonchev–Trinajstić information content (AvgIpc) is 2.37. The topological polar surface area (TPSA) is 52.3 Å². The van der Waals surface area contributed by atoms with E-state index < -0.39 is 0 Å². The lowest BCUT2D eigenvalue weighted by atomic mass is 9.99. The first kappa shape index (κ1) is 11.6. The molecule has 0 amide bonds. The molecule has 2 rings (SSSR count). The van der Waals surface area contributed by atoms with Crippen LogP contribution in [-0.4, -0.2) is 19.4 Å². The molecule has 2 aromatic rings. The van der Waals surface area contributed by atoms with Crippen molar-refractivity contribution in [2.24, 2.45) is 5.73 Å². The van der Waals surface area contributed by atoms with E-state index in [1.807, 2.05) is 36.4 Å². The maximum atomic E-state index is 12.1. The van der Waals surface area contributed by atoms with Crippen LogP contribution in [0.15, 0.2) is 36.4 Å². The van der Waals surface area contributed by atoms with Gasteiger partial charge in [0.25, 0.3) is 0 Å². The summed E-state index contributed by atoms with van der Waals surface area (Å²) >= 11 is 0. The van der Waals surface area contributed by atoms with Gasteiger partial charge in [-0.3, -0.25) is 4.79 Å². The number of hydrogen-bond donors (Lipinski definition) is 1. The first-order valence-corrected chi connectivity index (χ1v) is 5.57. The highest BCUT2D eigenvalue weighted by Gasteiger charge is 2.14. The maximum absolute atomic E-state index is 12.1. The SMILES string of the molecule is COc1ccc2ccccc2c1C(=O)CCN. The van der Waals surface area contributed by atoms with E-state index in [1.165, 1.54) is 0 Å². The number of ketones is 1. The highest BCUT2D eigenvalue weighted by Crippen LogP contribution is 2.28. The summed E-state index contributed by atoms with van der Waals surface area (Å²) in [6.45, 7) is 0.352. The summed E-state index contributed by atoms with van der Waals surface area (Å²) in [5.41, 5.74) is 6.08. The van der Waals surface area contributed by atoms with E-state index in [0.717, 1.165) is 10.8 Å². The smallest absolute Gasteiger partial charge is 0.168 e. The first-order chi connectivity index (χ1) is 8.27. The van der Waals surface area contributed by atoms with Gasteiger partial charge in [0.05, 0.1) is 12.7 Å². The molecular weight excluding hydrogens is 214 g/mol. The van der Waals surface area contributed by atoms with Crippen molar-refractivity contribution in [2.75, 3.05) is 13.7 Å². The lowest BCUT2D eigenvalue weighted by molar-refractivity contribution is 0.0984. The predicted molar refractivity (Wildman–Crippen MR) is 68.5 cm³/mol. The number of fused-ring (bicyclic) bond motifs is 1. The number of hydrogen-bond acceptors (Lipinski definition) is 3. The van der Waals surface area contributed by atoms with E-state index in [-0.39, 0.29) is 5.78 Å². The van der Waals surface area contributed by atoms with Crippen molar-refractivity contribution in [1.82, 2.24) is 0 Å². The zero-order chi connectivity index (χ0) is 12.3. The molecule has 0 aromatic heterocycles. The lowest BCUT2D eigenvalue weighted by Gasteiger charge is -2.10. The Kier molecular flexibility index (Phi) is 3.40. The number of ether oxygens (including phenoxy) is 1. The van der Waals surface area contributed by atoms with Gasteiger partial charge < -0.3 is 10.5 Å². The van der Waals surface area contributed by atoms with Gasteiger partial charge in [-0.15, -0.1) is 0 Å². The van der Waals surface area contributed by atoms with Crippen LogP contribution < -0.4 is 10.5 Å². The van der Waals surface area contributed by atoms with E-state index in [1.54, 1.807) is 7.11 Å². The molecule has 0 aliphatic rings. The number of nitrogens with two attached hydrogens (primary N) is 1. The minimum Gasteiger partial charge on any atom is -0.496 e. The summed E-state index contributed by atoms with van der Waals surface area (Å²) in [6.07, 6.45) is 0.338. The minimum absolute atomic E-state index is 0.0288. The van der Waals surface area contributed by atoms with Crippen LogP contribution in [0.2, 0.25) is 0 Å². The molecule has 0 spiro atoms. The molecule has 0 aliphatic heterocycles. The van der Waals surface area contributed by atoms with Gasteiger partial charge in [-0.2, -0.15) is 0 Å². The molecule has 0 radical (unpaired) electrons. The van der Waals surface area contributed by atoms with Gasteiger partial charge in [0.1, 0.15) is 5.75 Å². The molecule has 0 saturated carbocycles. The standard InChI is InChI=1S/C14H15NO2/c1-17-13-7-6-10-4-2-3-5-11(10)14(13)12(16)8-9-15/h2-7H,8-9,15H2,1H3. The Morgan fingerprint density at radius 3 is 2.71 bits per heavy atom. The monoisotopic (exact) mass is 229 g/mol. The lowest BCUT2D eigenvalue weighted by Crippen LogP contribution is -2.09. The second-order valence-corrected chi connectivity index (χ2v) is 3.83. The van der Waals surface area contributed by atoms with E-state index in [2.05, 4.69) is 0 Å². The van der Waals surface area contributed by atoms with Crippen LogP contribution in [0.1, 0.15) is 16.8 Å². The number of Topliss-reactive ketones (excluding diaryl/α,β-unsaturated/α-hetero) is 1. The van der Waals surface area contributed by atoms with Gasteiger partial charge in [-0.25, -0.2) is 0 Å². The predicted octanol–water partition coefficient (Wildman–Crippen LogP) is 2.38. The maximum Gasteiger partial charge on any atom is 0.168 e. The summed E-state index contributed by atoms with van der Waals surface area (Å²) in [5.74, 6) is 0.642. The van der Waals surface area contributed by atoms with Crippen molar-refractivity contribution in [3.63, 3.8) is 0 Å². The fraction of sp³-hybridized carbons (Fsp3) is 0.214. The molecule has 0 saturated heterocycles. The van der Waals surface area contributed by atoms with Crippen molar-refractivity contribution in [2.45, 2.75) is 6.42 Å². The molecule has 0 heterocycles. The fourth-order valence-corrected chi connectivity index (χ4v) is 1.97. The molecule has 0 atom stereocenters. The molecule has 3 heteroatoms. The zero-order valence-corrected chi connectivity index (χ0v) is 9.77. The zero-order valence-electron chi connectivity index (χ0n) is 9.77. The van der Waals surface area contributed by atoms with Crippen molar-refractivity contribution in [1.29, 1.82) is 0 Å². The number of methoxy groups -OCH3 is 1. The second kappa shape index (κ2) is 4.97. The van der Waals surface area contributed by atoms with Gasteiger partial charge in [-0.05, 0) is 23.4 Å². The molecule has 88 valence electrons. The Hall–Kier alpha value is -1.87. The molecule has 2 N–H and O–H groups in total. The normalized spacial score (nSPS) is 10.5. The van der Waals surface area contributed by atoms with Crippen LogP contribution in [0, 0.1) is 0 Å². The molecule has 0 unspecified atom stereocenters. The number of rotatable bonds is 4. The summed E-state index contributed by atoms with van der Waals surface area (Å²) in [7, 11) is 1.57.